The van der Waals surface area contributed by atoms with Crippen LogP contribution >= 0.6 is 0 Å². The summed E-state index contributed by atoms with van der Waals surface area (Å²) in [4.78, 5) is 24.0. The number of aliphatic hydroxyl groups excluding tert-OH is 2. The third-order valence-electron chi connectivity index (χ3n) is 4.17. The summed E-state index contributed by atoms with van der Waals surface area (Å²) < 4.78 is 0. The highest BCUT2D eigenvalue weighted by atomic mass is 16.3. The first kappa shape index (κ1) is 21.3. The van der Waals surface area contributed by atoms with Crippen molar-refractivity contribution < 1.29 is 19.8 Å². The van der Waals surface area contributed by atoms with E-state index in [1.165, 1.54) is 0 Å². The monoisotopic (exact) mass is 382 g/mol. The highest BCUT2D eigenvalue weighted by Crippen LogP contribution is 2.04. The Morgan fingerprint density at radius 1 is 0.714 bits per heavy atom. The predicted molar refractivity (Wildman–Crippen MR) is 107 cm³/mol. The summed E-state index contributed by atoms with van der Waals surface area (Å²) >= 11 is 0. The van der Waals surface area contributed by atoms with Crippen LogP contribution in [0.2, 0.25) is 0 Å². The van der Waals surface area contributed by atoms with Crippen LogP contribution in [-0.2, 0) is 22.4 Å². The van der Waals surface area contributed by atoms with Gasteiger partial charge in [0.05, 0.1) is 25.3 Å². The van der Waals surface area contributed by atoms with E-state index in [-0.39, 0.29) is 13.2 Å². The van der Waals surface area contributed by atoms with Crippen molar-refractivity contribution in [1.82, 2.24) is 10.6 Å². The molecule has 148 valence electrons. The maximum absolute atomic E-state index is 12.0. The Kier molecular flexibility index (Phi) is 8.91. The molecule has 0 radical (unpaired) electrons. The van der Waals surface area contributed by atoms with E-state index in [0.717, 1.165) is 23.3 Å². The fourth-order valence-corrected chi connectivity index (χ4v) is 2.77. The standard InChI is InChI=1S/C22H26N2O4/c25-15-19(13-17-7-3-1-4-8-17)23-21(27)11-12-22(28)24-20(16-26)14-18-9-5-2-6-10-18/h1-12,19-20,25-26H,13-16H2,(H,23,27)(H,24,28)/b12-11+/t19-,20-/m0/s1. The number of hydrogen-bond donors (Lipinski definition) is 4. The van der Waals surface area contributed by atoms with E-state index in [1.807, 2.05) is 60.7 Å². The number of nitrogens with one attached hydrogen (secondary N) is 2. The van der Waals surface area contributed by atoms with Crippen molar-refractivity contribution in [3.8, 4) is 0 Å². The summed E-state index contributed by atoms with van der Waals surface area (Å²) in [5.74, 6) is -0.928. The van der Waals surface area contributed by atoms with Gasteiger partial charge in [-0.1, -0.05) is 60.7 Å². The zero-order chi connectivity index (χ0) is 20.2. The van der Waals surface area contributed by atoms with Gasteiger partial charge < -0.3 is 20.8 Å². The molecule has 0 aliphatic heterocycles. The summed E-state index contributed by atoms with van der Waals surface area (Å²) in [6.07, 6.45) is 3.24. The Morgan fingerprint density at radius 3 is 1.39 bits per heavy atom. The van der Waals surface area contributed by atoms with Gasteiger partial charge in [-0.05, 0) is 24.0 Å². The largest absolute Gasteiger partial charge is 0.394 e. The molecule has 2 amide bonds. The summed E-state index contributed by atoms with van der Waals surface area (Å²) in [5, 5.41) is 24.3. The molecule has 4 N–H and O–H groups in total. The molecule has 0 aliphatic carbocycles. The lowest BCUT2D eigenvalue weighted by atomic mass is 10.1. The van der Waals surface area contributed by atoms with Crippen molar-refractivity contribution in [3.05, 3.63) is 83.9 Å². The van der Waals surface area contributed by atoms with E-state index < -0.39 is 23.9 Å². The lowest BCUT2D eigenvalue weighted by Crippen LogP contribution is -2.39. The lowest BCUT2D eigenvalue weighted by Gasteiger charge is -2.16. The Morgan fingerprint density at radius 2 is 1.07 bits per heavy atom. The Bertz CT molecular complexity index is 697. The molecule has 6 heteroatoms. The van der Waals surface area contributed by atoms with Crippen LogP contribution < -0.4 is 10.6 Å². The van der Waals surface area contributed by atoms with E-state index in [2.05, 4.69) is 10.6 Å². The van der Waals surface area contributed by atoms with Gasteiger partial charge in [-0.25, -0.2) is 0 Å². The van der Waals surface area contributed by atoms with Crippen molar-refractivity contribution in [2.45, 2.75) is 24.9 Å². The van der Waals surface area contributed by atoms with Crippen molar-refractivity contribution in [2.24, 2.45) is 0 Å². The number of carbonyl (C=O) groups is 2. The first-order valence-corrected chi connectivity index (χ1v) is 9.19. The SMILES string of the molecule is O=C(/C=C/C(=O)N[C@H](CO)Cc1ccccc1)N[C@H](CO)Cc1ccccc1. The van der Waals surface area contributed by atoms with Gasteiger partial charge in [0.1, 0.15) is 0 Å². The summed E-state index contributed by atoms with van der Waals surface area (Å²) in [6, 6.07) is 18.2. The second-order valence-electron chi connectivity index (χ2n) is 6.49. The molecule has 0 aliphatic rings. The average Bonchev–Trinajstić information content (AvgIpc) is 2.72. The molecular formula is C22H26N2O4. The quantitative estimate of drug-likeness (QED) is 0.461. The lowest BCUT2D eigenvalue weighted by molar-refractivity contribution is -0.119. The first-order valence-electron chi connectivity index (χ1n) is 9.19. The molecule has 0 saturated heterocycles. The molecule has 6 nitrogen and oxygen atoms in total. The fraction of sp³-hybridized carbons (Fsp3) is 0.273. The molecule has 0 aromatic heterocycles. The Balaban J connectivity index is 1.81. The number of hydrogen-bond acceptors (Lipinski definition) is 4. The van der Waals surface area contributed by atoms with Gasteiger partial charge in [0.15, 0.2) is 0 Å². The summed E-state index contributed by atoms with van der Waals surface area (Å²) in [6.45, 7) is -0.408. The third-order valence-corrected chi connectivity index (χ3v) is 4.17. The number of carbonyl (C=O) groups excluding carboxylic acids is 2. The molecule has 0 saturated carbocycles. The molecule has 0 heterocycles. The maximum Gasteiger partial charge on any atom is 0.244 e. The van der Waals surface area contributed by atoms with Gasteiger partial charge in [-0.3, -0.25) is 9.59 Å². The number of rotatable bonds is 10. The normalized spacial score (nSPS) is 13.1. The first-order chi connectivity index (χ1) is 13.6. The average molecular weight is 382 g/mol. The van der Waals surface area contributed by atoms with Gasteiger partial charge in [0, 0.05) is 12.2 Å². The van der Waals surface area contributed by atoms with E-state index in [4.69, 9.17) is 0 Å². The highest BCUT2D eigenvalue weighted by Gasteiger charge is 2.12. The van der Waals surface area contributed by atoms with Crippen LogP contribution in [0.4, 0.5) is 0 Å². The van der Waals surface area contributed by atoms with Gasteiger partial charge in [0.2, 0.25) is 11.8 Å². The van der Waals surface area contributed by atoms with Crippen LogP contribution in [0.5, 0.6) is 0 Å². The second kappa shape index (κ2) is 11.7. The van der Waals surface area contributed by atoms with E-state index in [1.54, 1.807) is 0 Å². The Labute approximate surface area is 164 Å². The molecule has 0 fully saturated rings. The number of benzene rings is 2. The molecule has 0 bridgehead atoms. The molecule has 2 atom stereocenters. The van der Waals surface area contributed by atoms with Crippen molar-refractivity contribution in [3.63, 3.8) is 0 Å². The predicted octanol–water partition coefficient (Wildman–Crippen LogP) is 0.982. The van der Waals surface area contributed by atoms with Crippen LogP contribution in [0.25, 0.3) is 0 Å². The minimum absolute atomic E-state index is 0.204. The third kappa shape index (κ3) is 7.73. The molecule has 2 rings (SSSR count). The van der Waals surface area contributed by atoms with Crippen LogP contribution in [0.15, 0.2) is 72.8 Å². The van der Waals surface area contributed by atoms with E-state index >= 15 is 0 Å². The summed E-state index contributed by atoms with van der Waals surface area (Å²) in [7, 11) is 0. The van der Waals surface area contributed by atoms with Crippen LogP contribution in [0.1, 0.15) is 11.1 Å². The second-order valence-corrected chi connectivity index (χ2v) is 6.49. The smallest absolute Gasteiger partial charge is 0.244 e. The van der Waals surface area contributed by atoms with E-state index in [0.29, 0.717) is 12.8 Å². The maximum atomic E-state index is 12.0. The van der Waals surface area contributed by atoms with Gasteiger partial charge in [0.25, 0.3) is 0 Å². The highest BCUT2D eigenvalue weighted by molar-refractivity contribution is 5.96. The van der Waals surface area contributed by atoms with Crippen LogP contribution in [0.3, 0.4) is 0 Å². The zero-order valence-electron chi connectivity index (χ0n) is 15.6. The molecule has 0 unspecified atom stereocenters. The topological polar surface area (TPSA) is 98.7 Å². The molecular weight excluding hydrogens is 356 g/mol. The van der Waals surface area contributed by atoms with Gasteiger partial charge >= 0.3 is 0 Å². The van der Waals surface area contributed by atoms with Gasteiger partial charge in [-0.15, -0.1) is 0 Å². The van der Waals surface area contributed by atoms with Crippen LogP contribution in [-0.4, -0.2) is 47.3 Å². The minimum Gasteiger partial charge on any atom is -0.394 e. The molecule has 2 aromatic carbocycles. The van der Waals surface area contributed by atoms with E-state index in [9.17, 15) is 19.8 Å². The van der Waals surface area contributed by atoms with Crippen molar-refractivity contribution in [2.75, 3.05) is 13.2 Å². The fourth-order valence-electron chi connectivity index (χ4n) is 2.77. The molecule has 0 spiro atoms. The zero-order valence-corrected chi connectivity index (χ0v) is 15.6. The minimum atomic E-state index is -0.464. The Hall–Kier alpha value is -2.96. The van der Waals surface area contributed by atoms with Crippen LogP contribution in [0, 0.1) is 0 Å². The molecule has 28 heavy (non-hydrogen) atoms. The summed E-state index contributed by atoms with van der Waals surface area (Å²) in [5.41, 5.74) is 1.99. The number of amides is 2. The van der Waals surface area contributed by atoms with Crippen molar-refractivity contribution >= 4 is 11.8 Å². The van der Waals surface area contributed by atoms with Gasteiger partial charge in [-0.2, -0.15) is 0 Å². The molecule has 2 aromatic rings. The number of aliphatic hydroxyl groups is 2. The van der Waals surface area contributed by atoms with Crippen molar-refractivity contribution in [1.29, 1.82) is 0 Å².